The molecule has 0 aliphatic carbocycles. The summed E-state index contributed by atoms with van der Waals surface area (Å²) in [5, 5.41) is 15.2. The van der Waals surface area contributed by atoms with Crippen molar-refractivity contribution in [2.45, 2.75) is 19.9 Å². The van der Waals surface area contributed by atoms with Gasteiger partial charge in [-0.05, 0) is 30.7 Å². The molecule has 0 aliphatic heterocycles. The molecule has 0 saturated heterocycles. The average Bonchev–Trinajstić information content (AvgIpc) is 2.92. The zero-order valence-electron chi connectivity index (χ0n) is 14.3. The normalized spacial score (nSPS) is 10.8. The number of benzene rings is 2. The lowest BCUT2D eigenvalue weighted by Crippen LogP contribution is -2.41. The number of nitrogens with one attached hydrogen (secondary N) is 2. The number of aryl methyl sites for hydroxylation is 1. The second-order valence-electron chi connectivity index (χ2n) is 5.95. The third-order valence-corrected chi connectivity index (χ3v) is 4.75. The highest BCUT2D eigenvalue weighted by atomic mass is 35.5. The zero-order chi connectivity index (χ0) is 19.6. The van der Waals surface area contributed by atoms with Gasteiger partial charge in [0.05, 0.1) is 24.2 Å². The van der Waals surface area contributed by atoms with Gasteiger partial charge < -0.3 is 5.11 Å². The maximum absolute atomic E-state index is 11.8. The fourth-order valence-corrected chi connectivity index (χ4v) is 3.32. The van der Waals surface area contributed by atoms with Crippen LogP contribution in [0.5, 0.6) is 0 Å². The molecule has 7 nitrogen and oxygen atoms in total. The molecule has 2 aromatic carbocycles. The van der Waals surface area contributed by atoms with E-state index in [2.05, 4.69) is 10.5 Å². The van der Waals surface area contributed by atoms with Crippen molar-refractivity contribution < 1.29 is 14.7 Å². The third kappa shape index (κ3) is 4.32. The number of amides is 2. The molecule has 0 unspecified atom stereocenters. The minimum atomic E-state index is -1.33. The van der Waals surface area contributed by atoms with Gasteiger partial charge >= 0.3 is 6.09 Å². The molecule has 0 fully saturated rings. The molecular weight excluding hydrogens is 391 g/mol. The lowest BCUT2D eigenvalue weighted by Gasteiger charge is -2.09. The molecule has 0 spiro atoms. The zero-order valence-corrected chi connectivity index (χ0v) is 15.8. The van der Waals surface area contributed by atoms with Crippen LogP contribution in [0.2, 0.25) is 10.0 Å². The van der Waals surface area contributed by atoms with Crippen molar-refractivity contribution in [3.63, 3.8) is 0 Å². The molecule has 3 N–H and O–H groups in total. The van der Waals surface area contributed by atoms with E-state index in [9.17, 15) is 9.59 Å². The summed E-state index contributed by atoms with van der Waals surface area (Å²) in [5.74, 6) is -0.464. The first-order valence-electron chi connectivity index (χ1n) is 8.02. The fraction of sp³-hybridized carbons (Fsp3) is 0.167. The first-order chi connectivity index (χ1) is 12.8. The van der Waals surface area contributed by atoms with Crippen molar-refractivity contribution >= 4 is 46.1 Å². The van der Waals surface area contributed by atoms with E-state index in [0.29, 0.717) is 16.6 Å². The number of carbonyl (C=O) groups is 2. The molecule has 0 saturated carbocycles. The van der Waals surface area contributed by atoms with Gasteiger partial charge in [0, 0.05) is 21.0 Å². The molecule has 0 bridgehead atoms. The van der Waals surface area contributed by atoms with Gasteiger partial charge in [0.2, 0.25) is 5.91 Å². The van der Waals surface area contributed by atoms with Crippen LogP contribution in [0.25, 0.3) is 10.9 Å². The second-order valence-corrected chi connectivity index (χ2v) is 6.76. The monoisotopic (exact) mass is 406 g/mol. The Morgan fingerprint density at radius 1 is 1.15 bits per heavy atom. The summed E-state index contributed by atoms with van der Waals surface area (Å²) in [6, 6.07) is 10.9. The highest BCUT2D eigenvalue weighted by molar-refractivity contribution is 6.36. The Hall–Kier alpha value is -2.77. The van der Waals surface area contributed by atoms with E-state index in [-0.39, 0.29) is 6.42 Å². The van der Waals surface area contributed by atoms with E-state index in [1.165, 1.54) is 0 Å². The number of rotatable bonds is 4. The average molecular weight is 407 g/mol. The van der Waals surface area contributed by atoms with Crippen molar-refractivity contribution in [1.82, 2.24) is 20.6 Å². The van der Waals surface area contributed by atoms with Crippen LogP contribution >= 0.6 is 23.2 Å². The van der Waals surface area contributed by atoms with Gasteiger partial charge in [0.1, 0.15) is 0 Å². The van der Waals surface area contributed by atoms with Crippen LogP contribution in [-0.4, -0.2) is 26.9 Å². The van der Waals surface area contributed by atoms with E-state index >= 15 is 0 Å². The summed E-state index contributed by atoms with van der Waals surface area (Å²) in [5.41, 5.74) is 7.10. The number of fused-ring (bicyclic) bond motifs is 1. The summed E-state index contributed by atoms with van der Waals surface area (Å²) in [7, 11) is 0. The smallest absolute Gasteiger partial charge is 0.423 e. The Morgan fingerprint density at radius 3 is 2.52 bits per heavy atom. The number of carbonyl (C=O) groups excluding carboxylic acids is 1. The molecule has 27 heavy (non-hydrogen) atoms. The van der Waals surface area contributed by atoms with Crippen molar-refractivity contribution in [2.75, 3.05) is 0 Å². The van der Waals surface area contributed by atoms with Crippen molar-refractivity contribution in [2.24, 2.45) is 0 Å². The summed E-state index contributed by atoms with van der Waals surface area (Å²) in [6.45, 7) is 2.29. The number of hydrogen-bond acceptors (Lipinski definition) is 3. The van der Waals surface area contributed by atoms with Gasteiger partial charge in [-0.1, -0.05) is 41.4 Å². The lowest BCUT2D eigenvalue weighted by atomic mass is 10.1. The maximum Gasteiger partial charge on any atom is 0.423 e. The van der Waals surface area contributed by atoms with Crippen LogP contribution in [0.4, 0.5) is 4.79 Å². The van der Waals surface area contributed by atoms with E-state index in [1.54, 1.807) is 22.9 Å². The predicted molar refractivity (Wildman–Crippen MR) is 103 cm³/mol. The lowest BCUT2D eigenvalue weighted by molar-refractivity contribution is -0.121. The highest BCUT2D eigenvalue weighted by Gasteiger charge is 2.13. The number of hydrogen-bond donors (Lipinski definition) is 3. The summed E-state index contributed by atoms with van der Waals surface area (Å²) in [4.78, 5) is 22.3. The Bertz CT molecular complexity index is 1010. The van der Waals surface area contributed by atoms with Crippen LogP contribution in [0.3, 0.4) is 0 Å². The van der Waals surface area contributed by atoms with Gasteiger partial charge in [-0.3, -0.25) is 14.9 Å². The second kappa shape index (κ2) is 7.85. The fourth-order valence-electron chi connectivity index (χ4n) is 2.80. The van der Waals surface area contributed by atoms with Gasteiger partial charge in [0.25, 0.3) is 0 Å². The maximum atomic E-state index is 11.8. The molecule has 2 amide bonds. The largest absolute Gasteiger partial charge is 0.464 e. The summed E-state index contributed by atoms with van der Waals surface area (Å²) in [6.07, 6.45) is -1.31. The highest BCUT2D eigenvalue weighted by Crippen LogP contribution is 2.27. The summed E-state index contributed by atoms with van der Waals surface area (Å²) >= 11 is 12.5. The molecule has 0 atom stereocenters. The van der Waals surface area contributed by atoms with E-state index in [1.807, 2.05) is 30.5 Å². The van der Waals surface area contributed by atoms with E-state index < -0.39 is 12.0 Å². The molecule has 1 heterocycles. The third-order valence-electron chi connectivity index (χ3n) is 4.04. The standard InChI is InChI=1S/C18H16Cl2N4O3/c1-10-12-6-5-11(8-17(25)21-22-18(26)27)7-16(12)24(23-10)9-13-14(19)3-2-4-15(13)20/h2-7,22H,8-9H2,1H3,(H,21,25)(H,26,27). The summed E-state index contributed by atoms with van der Waals surface area (Å²) < 4.78 is 1.79. The Balaban J connectivity index is 1.90. The van der Waals surface area contributed by atoms with Crippen molar-refractivity contribution in [3.05, 3.63) is 63.3 Å². The number of aromatic nitrogens is 2. The Morgan fingerprint density at radius 2 is 1.85 bits per heavy atom. The first kappa shape index (κ1) is 19.0. The molecule has 0 aliphatic rings. The van der Waals surface area contributed by atoms with Crippen molar-refractivity contribution in [3.8, 4) is 0 Å². The quantitative estimate of drug-likeness (QED) is 0.577. The van der Waals surface area contributed by atoms with Crippen LogP contribution < -0.4 is 10.9 Å². The molecule has 3 aromatic rings. The topological polar surface area (TPSA) is 96.3 Å². The van der Waals surface area contributed by atoms with Gasteiger partial charge in [0.15, 0.2) is 0 Å². The molecule has 1 aromatic heterocycles. The number of halogens is 2. The molecule has 140 valence electrons. The number of carboxylic acid groups (broad SMARTS) is 1. The van der Waals surface area contributed by atoms with Crippen LogP contribution in [-0.2, 0) is 17.8 Å². The van der Waals surface area contributed by atoms with Gasteiger partial charge in [-0.25, -0.2) is 10.2 Å². The number of nitrogens with zero attached hydrogens (tertiary/aromatic N) is 2. The van der Waals surface area contributed by atoms with Crippen LogP contribution in [0.1, 0.15) is 16.8 Å². The SMILES string of the molecule is Cc1nn(Cc2c(Cl)cccc2Cl)c2cc(CC(=O)NNC(=O)O)ccc12. The van der Waals surface area contributed by atoms with Gasteiger partial charge in [-0.15, -0.1) is 0 Å². The van der Waals surface area contributed by atoms with Crippen LogP contribution in [0, 0.1) is 6.92 Å². The van der Waals surface area contributed by atoms with Crippen LogP contribution in [0.15, 0.2) is 36.4 Å². The van der Waals surface area contributed by atoms with E-state index in [4.69, 9.17) is 28.3 Å². The van der Waals surface area contributed by atoms with Gasteiger partial charge in [-0.2, -0.15) is 5.10 Å². The molecule has 9 heteroatoms. The van der Waals surface area contributed by atoms with Crippen molar-refractivity contribution in [1.29, 1.82) is 0 Å². The minimum absolute atomic E-state index is 0.0211. The molecule has 0 radical (unpaired) electrons. The predicted octanol–water partition coefficient (Wildman–Crippen LogP) is 3.54. The van der Waals surface area contributed by atoms with E-state index in [0.717, 1.165) is 27.7 Å². The number of hydrazine groups is 1. The first-order valence-corrected chi connectivity index (χ1v) is 8.77. The Labute approximate surface area is 164 Å². The Kier molecular flexibility index (Phi) is 5.53. The molecule has 3 rings (SSSR count). The molecular formula is C18H16Cl2N4O3. The minimum Gasteiger partial charge on any atom is -0.464 e.